The van der Waals surface area contributed by atoms with Crippen molar-refractivity contribution in [2.75, 3.05) is 5.32 Å². The molecule has 3 rings (SSSR count). The van der Waals surface area contributed by atoms with Gasteiger partial charge in [0.25, 0.3) is 0 Å². The van der Waals surface area contributed by atoms with Crippen molar-refractivity contribution < 1.29 is 4.79 Å². The molecule has 4 nitrogen and oxygen atoms in total. The molecule has 1 N–H and O–H groups in total. The molecular weight excluding hydrogens is 322 g/mol. The fourth-order valence-electron chi connectivity index (χ4n) is 2.76. The fourth-order valence-corrected chi connectivity index (χ4v) is 2.76. The molecule has 26 heavy (non-hydrogen) atoms. The van der Waals surface area contributed by atoms with Gasteiger partial charge in [0.1, 0.15) is 0 Å². The first-order chi connectivity index (χ1) is 12.4. The minimum absolute atomic E-state index is 0.0151. The Bertz CT molecular complexity index is 941. The third-order valence-corrected chi connectivity index (χ3v) is 3.90. The van der Waals surface area contributed by atoms with Gasteiger partial charge >= 0.3 is 0 Å². The van der Waals surface area contributed by atoms with Crippen LogP contribution in [0, 0.1) is 5.41 Å². The van der Waals surface area contributed by atoms with Crippen LogP contribution in [0.15, 0.2) is 77.0 Å². The number of azo groups is 1. The lowest BCUT2D eigenvalue weighted by atomic mass is 9.92. The Morgan fingerprint density at radius 3 is 2.19 bits per heavy atom. The Kier molecular flexibility index (Phi) is 5.12. The molecule has 0 saturated carbocycles. The largest absolute Gasteiger partial charge is 0.325 e. The van der Waals surface area contributed by atoms with Gasteiger partial charge in [0.05, 0.1) is 11.4 Å². The lowest BCUT2D eigenvalue weighted by molar-refractivity contribution is -0.117. The van der Waals surface area contributed by atoms with E-state index in [1.54, 1.807) is 0 Å². The van der Waals surface area contributed by atoms with E-state index in [4.69, 9.17) is 0 Å². The molecule has 1 amide bonds. The summed E-state index contributed by atoms with van der Waals surface area (Å²) in [6.45, 7) is 6.16. The summed E-state index contributed by atoms with van der Waals surface area (Å²) in [5.41, 5.74) is 2.33. The van der Waals surface area contributed by atoms with E-state index in [2.05, 4.69) is 36.3 Å². The van der Waals surface area contributed by atoms with Gasteiger partial charge in [0.15, 0.2) is 0 Å². The molecule has 0 aliphatic rings. The summed E-state index contributed by atoms with van der Waals surface area (Å²) in [6, 6.07) is 21.3. The molecule has 0 radical (unpaired) electrons. The van der Waals surface area contributed by atoms with E-state index in [1.807, 2.05) is 66.7 Å². The number of amides is 1. The minimum Gasteiger partial charge on any atom is -0.325 e. The molecule has 0 fully saturated rings. The van der Waals surface area contributed by atoms with E-state index in [0.717, 1.165) is 27.8 Å². The summed E-state index contributed by atoms with van der Waals surface area (Å²) < 4.78 is 0. The number of hydrogen-bond donors (Lipinski definition) is 1. The molecule has 0 bridgehead atoms. The van der Waals surface area contributed by atoms with Crippen LogP contribution in [-0.2, 0) is 4.79 Å². The van der Waals surface area contributed by atoms with Crippen molar-refractivity contribution >= 4 is 33.7 Å². The number of fused-ring (bicyclic) bond motifs is 1. The van der Waals surface area contributed by atoms with Gasteiger partial charge in [-0.2, -0.15) is 5.11 Å². The van der Waals surface area contributed by atoms with E-state index in [0.29, 0.717) is 6.42 Å². The summed E-state index contributed by atoms with van der Waals surface area (Å²) in [4.78, 5) is 12.3. The lowest BCUT2D eigenvalue weighted by Gasteiger charge is -2.18. The Labute approximate surface area is 154 Å². The van der Waals surface area contributed by atoms with Crippen LogP contribution < -0.4 is 5.32 Å². The molecule has 0 atom stereocenters. The number of carbonyl (C=O) groups excluding carboxylic acids is 1. The van der Waals surface area contributed by atoms with Crippen molar-refractivity contribution in [3.63, 3.8) is 0 Å². The Morgan fingerprint density at radius 2 is 1.50 bits per heavy atom. The van der Waals surface area contributed by atoms with E-state index in [9.17, 15) is 4.79 Å². The number of nitrogens with one attached hydrogen (secondary N) is 1. The van der Waals surface area contributed by atoms with Crippen LogP contribution >= 0.6 is 0 Å². The Balaban J connectivity index is 1.92. The second-order valence-electron chi connectivity index (χ2n) is 7.50. The summed E-state index contributed by atoms with van der Waals surface area (Å²) in [6.07, 6.45) is 0.469. The zero-order valence-corrected chi connectivity index (χ0v) is 15.4. The highest BCUT2D eigenvalue weighted by molar-refractivity contribution is 6.06. The van der Waals surface area contributed by atoms with Gasteiger partial charge in [0.2, 0.25) is 5.91 Å². The zero-order valence-electron chi connectivity index (χ0n) is 15.4. The third kappa shape index (κ3) is 4.54. The molecule has 0 spiro atoms. The highest BCUT2D eigenvalue weighted by atomic mass is 16.1. The number of rotatable bonds is 4. The normalized spacial score (nSPS) is 11.8. The van der Waals surface area contributed by atoms with E-state index < -0.39 is 0 Å². The summed E-state index contributed by atoms with van der Waals surface area (Å²) in [5.74, 6) is 0.0151. The van der Waals surface area contributed by atoms with Crippen LogP contribution in [-0.4, -0.2) is 5.91 Å². The second-order valence-corrected chi connectivity index (χ2v) is 7.50. The topological polar surface area (TPSA) is 53.8 Å². The van der Waals surface area contributed by atoms with E-state index in [1.165, 1.54) is 0 Å². The van der Waals surface area contributed by atoms with Gasteiger partial charge in [-0.3, -0.25) is 4.79 Å². The summed E-state index contributed by atoms with van der Waals surface area (Å²) in [5, 5.41) is 13.6. The smallest absolute Gasteiger partial charge is 0.224 e. The molecule has 0 aliphatic heterocycles. The average Bonchev–Trinajstić information content (AvgIpc) is 2.60. The first-order valence-electron chi connectivity index (χ1n) is 8.71. The molecule has 3 aromatic carbocycles. The molecule has 0 unspecified atom stereocenters. The van der Waals surface area contributed by atoms with Crippen molar-refractivity contribution in [1.29, 1.82) is 0 Å². The predicted octanol–water partition coefficient (Wildman–Crippen LogP) is 6.63. The molecule has 0 heterocycles. The molecular formula is C22H23N3O. The fraction of sp³-hybridized carbons (Fsp3) is 0.227. The molecule has 132 valence electrons. The van der Waals surface area contributed by atoms with Crippen molar-refractivity contribution in [3.05, 3.63) is 66.7 Å². The molecule has 0 aromatic heterocycles. The quantitative estimate of drug-likeness (QED) is 0.530. The van der Waals surface area contributed by atoms with Crippen LogP contribution in [0.25, 0.3) is 10.8 Å². The maximum atomic E-state index is 12.3. The summed E-state index contributed by atoms with van der Waals surface area (Å²) in [7, 11) is 0. The molecule has 0 saturated heterocycles. The third-order valence-electron chi connectivity index (χ3n) is 3.90. The first-order valence-corrected chi connectivity index (χ1v) is 8.71. The minimum atomic E-state index is -0.0519. The number of carbonyl (C=O) groups is 1. The zero-order chi connectivity index (χ0) is 18.6. The number of anilines is 1. The maximum absolute atomic E-state index is 12.3. The predicted molar refractivity (Wildman–Crippen MR) is 107 cm³/mol. The number of benzene rings is 3. The van der Waals surface area contributed by atoms with Crippen molar-refractivity contribution in [2.24, 2.45) is 15.6 Å². The van der Waals surface area contributed by atoms with Crippen LogP contribution in [0.4, 0.5) is 17.1 Å². The van der Waals surface area contributed by atoms with E-state index >= 15 is 0 Å². The van der Waals surface area contributed by atoms with Crippen LogP contribution in [0.2, 0.25) is 0 Å². The maximum Gasteiger partial charge on any atom is 0.224 e. The Hall–Kier alpha value is -3.01. The van der Waals surface area contributed by atoms with Crippen molar-refractivity contribution in [3.8, 4) is 0 Å². The molecule has 3 aromatic rings. The highest BCUT2D eigenvalue weighted by Crippen LogP contribution is 2.33. The van der Waals surface area contributed by atoms with Crippen LogP contribution in [0.3, 0.4) is 0 Å². The van der Waals surface area contributed by atoms with Gasteiger partial charge in [-0.25, -0.2) is 0 Å². The molecule has 0 aliphatic carbocycles. The highest BCUT2D eigenvalue weighted by Gasteiger charge is 2.17. The van der Waals surface area contributed by atoms with Crippen LogP contribution in [0.5, 0.6) is 0 Å². The number of hydrogen-bond acceptors (Lipinski definition) is 3. The first kappa shape index (κ1) is 17.8. The number of nitrogens with zero attached hydrogens (tertiary/aromatic N) is 2. The van der Waals surface area contributed by atoms with E-state index in [-0.39, 0.29) is 11.3 Å². The molecule has 4 heteroatoms. The Morgan fingerprint density at radius 1 is 0.846 bits per heavy atom. The van der Waals surface area contributed by atoms with Gasteiger partial charge in [-0.15, -0.1) is 5.11 Å². The standard InChI is InChI=1S/C22H23N3O/c1-22(2,3)15-21(26)23-19-13-14-20(18-12-8-7-11-17(18)19)25-24-16-9-5-4-6-10-16/h4-14H,15H2,1-3H3,(H,23,26). The van der Waals surface area contributed by atoms with Gasteiger partial charge < -0.3 is 5.32 Å². The second kappa shape index (κ2) is 7.48. The van der Waals surface area contributed by atoms with Crippen molar-refractivity contribution in [1.82, 2.24) is 0 Å². The summed E-state index contributed by atoms with van der Waals surface area (Å²) >= 11 is 0. The monoisotopic (exact) mass is 345 g/mol. The van der Waals surface area contributed by atoms with Gasteiger partial charge in [-0.1, -0.05) is 63.2 Å². The van der Waals surface area contributed by atoms with Crippen LogP contribution in [0.1, 0.15) is 27.2 Å². The van der Waals surface area contributed by atoms with Gasteiger partial charge in [-0.05, 0) is 29.7 Å². The average molecular weight is 345 g/mol. The lowest BCUT2D eigenvalue weighted by Crippen LogP contribution is -2.19. The SMILES string of the molecule is CC(C)(C)CC(=O)Nc1ccc(N=Nc2ccccc2)c2ccccc12. The van der Waals surface area contributed by atoms with Crippen molar-refractivity contribution in [2.45, 2.75) is 27.2 Å². The van der Waals surface area contributed by atoms with Gasteiger partial charge in [0, 0.05) is 22.9 Å².